The maximum atomic E-state index is 5.62. The second-order valence-electron chi connectivity index (χ2n) is 5.91. The number of thioether (sulfide) groups is 1. The molecule has 0 unspecified atom stereocenters. The minimum absolute atomic E-state index is 0.623. The fraction of sp³-hybridized carbons (Fsp3) is 0.143. The lowest BCUT2D eigenvalue weighted by Gasteiger charge is -2.05. The maximum absolute atomic E-state index is 5.62. The van der Waals surface area contributed by atoms with Crippen molar-refractivity contribution in [3.05, 3.63) is 72.3 Å². The van der Waals surface area contributed by atoms with Crippen LogP contribution in [-0.2, 0) is 5.75 Å². The van der Waals surface area contributed by atoms with Crippen LogP contribution in [0.4, 0.5) is 0 Å². The van der Waals surface area contributed by atoms with Crippen LogP contribution in [0.2, 0.25) is 0 Å². The third-order valence-electron chi connectivity index (χ3n) is 4.20. The number of benzene rings is 2. The minimum atomic E-state index is 0.623. The van der Waals surface area contributed by atoms with Crippen molar-refractivity contribution in [3.8, 4) is 22.9 Å². The van der Waals surface area contributed by atoms with E-state index in [-0.39, 0.29) is 0 Å². The standard InChI is InChI=1S/C21H19N3O2S/c1-25-17-10-8-16(9-11-17)20-21(26-2)24-18(22-20)12-13-19(23-24)27-14-15-6-4-3-5-7-15/h3-13H,14H2,1-2H3. The molecule has 0 bridgehead atoms. The van der Waals surface area contributed by atoms with Crippen molar-refractivity contribution in [1.29, 1.82) is 0 Å². The predicted octanol–water partition coefficient (Wildman–Crippen LogP) is 4.71. The second-order valence-corrected chi connectivity index (χ2v) is 6.91. The molecule has 136 valence electrons. The molecule has 0 saturated carbocycles. The van der Waals surface area contributed by atoms with Gasteiger partial charge in [0.1, 0.15) is 16.5 Å². The molecular weight excluding hydrogens is 358 g/mol. The molecule has 0 saturated heterocycles. The third-order valence-corrected chi connectivity index (χ3v) is 5.19. The van der Waals surface area contributed by atoms with Gasteiger partial charge in [-0.1, -0.05) is 42.1 Å². The Balaban J connectivity index is 1.66. The van der Waals surface area contributed by atoms with Crippen LogP contribution >= 0.6 is 11.8 Å². The lowest BCUT2D eigenvalue weighted by Crippen LogP contribution is -1.97. The van der Waals surface area contributed by atoms with Crippen molar-refractivity contribution in [3.63, 3.8) is 0 Å². The number of aromatic nitrogens is 3. The smallest absolute Gasteiger partial charge is 0.243 e. The van der Waals surface area contributed by atoms with E-state index in [1.165, 1.54) is 5.56 Å². The molecule has 27 heavy (non-hydrogen) atoms. The van der Waals surface area contributed by atoms with E-state index in [1.54, 1.807) is 30.5 Å². The molecular formula is C21H19N3O2S. The Hall–Kier alpha value is -2.99. The van der Waals surface area contributed by atoms with E-state index >= 15 is 0 Å². The molecule has 0 spiro atoms. The fourth-order valence-electron chi connectivity index (χ4n) is 2.82. The van der Waals surface area contributed by atoms with Crippen molar-refractivity contribution in [2.45, 2.75) is 10.8 Å². The van der Waals surface area contributed by atoms with E-state index in [2.05, 4.69) is 12.1 Å². The molecule has 0 amide bonds. The normalized spacial score (nSPS) is 10.9. The molecule has 0 aliphatic rings. The number of fused-ring (bicyclic) bond motifs is 1. The van der Waals surface area contributed by atoms with Gasteiger partial charge >= 0.3 is 0 Å². The molecule has 4 rings (SSSR count). The van der Waals surface area contributed by atoms with E-state index in [9.17, 15) is 0 Å². The van der Waals surface area contributed by atoms with E-state index in [0.717, 1.165) is 33.4 Å². The Kier molecular flexibility index (Phi) is 4.98. The van der Waals surface area contributed by atoms with E-state index in [1.807, 2.05) is 54.6 Å². The molecule has 0 fully saturated rings. The van der Waals surface area contributed by atoms with Gasteiger partial charge in [-0.2, -0.15) is 9.61 Å². The van der Waals surface area contributed by atoms with Crippen LogP contribution in [0.15, 0.2) is 71.8 Å². The zero-order valence-corrected chi connectivity index (χ0v) is 15.9. The quantitative estimate of drug-likeness (QED) is 0.456. The van der Waals surface area contributed by atoms with Crippen LogP contribution < -0.4 is 9.47 Å². The number of rotatable bonds is 6. The average Bonchev–Trinajstić information content (AvgIpc) is 3.11. The zero-order valence-electron chi connectivity index (χ0n) is 15.1. The van der Waals surface area contributed by atoms with E-state index < -0.39 is 0 Å². The van der Waals surface area contributed by atoms with Crippen molar-refractivity contribution in [2.24, 2.45) is 0 Å². The first-order valence-corrected chi connectivity index (χ1v) is 9.52. The number of nitrogens with zero attached hydrogens (tertiary/aromatic N) is 3. The highest BCUT2D eigenvalue weighted by molar-refractivity contribution is 7.98. The lowest BCUT2D eigenvalue weighted by molar-refractivity contribution is 0.387. The predicted molar refractivity (Wildman–Crippen MR) is 108 cm³/mol. The second kappa shape index (κ2) is 7.72. The molecule has 0 radical (unpaired) electrons. The maximum Gasteiger partial charge on any atom is 0.243 e. The van der Waals surface area contributed by atoms with Crippen molar-refractivity contribution < 1.29 is 9.47 Å². The SMILES string of the molecule is COc1ccc(-c2nc3ccc(SCc4ccccc4)nn3c2OC)cc1. The summed E-state index contributed by atoms with van der Waals surface area (Å²) in [4.78, 5) is 4.69. The highest BCUT2D eigenvalue weighted by Gasteiger charge is 2.16. The monoisotopic (exact) mass is 377 g/mol. The fourth-order valence-corrected chi connectivity index (χ4v) is 3.64. The number of methoxy groups -OCH3 is 2. The van der Waals surface area contributed by atoms with Crippen molar-refractivity contribution in [1.82, 2.24) is 14.6 Å². The summed E-state index contributed by atoms with van der Waals surface area (Å²) in [7, 11) is 3.29. The van der Waals surface area contributed by atoms with Gasteiger partial charge in [-0.25, -0.2) is 4.98 Å². The Bertz CT molecular complexity index is 1050. The topological polar surface area (TPSA) is 48.7 Å². The third kappa shape index (κ3) is 3.61. The number of hydrogen-bond donors (Lipinski definition) is 0. The van der Waals surface area contributed by atoms with Crippen molar-refractivity contribution >= 4 is 17.4 Å². The molecule has 0 aliphatic heterocycles. The van der Waals surface area contributed by atoms with Crippen LogP contribution in [0.3, 0.4) is 0 Å². The Labute approximate surface area is 162 Å². The van der Waals surface area contributed by atoms with Gasteiger partial charge in [0.05, 0.1) is 14.2 Å². The summed E-state index contributed by atoms with van der Waals surface area (Å²) in [6, 6.07) is 22.1. The van der Waals surface area contributed by atoms with E-state index in [4.69, 9.17) is 19.6 Å². The molecule has 4 aromatic rings. The zero-order chi connectivity index (χ0) is 18.6. The summed E-state index contributed by atoms with van der Waals surface area (Å²) >= 11 is 1.69. The first-order valence-electron chi connectivity index (χ1n) is 8.53. The molecule has 0 atom stereocenters. The number of hydrogen-bond acceptors (Lipinski definition) is 5. The van der Waals surface area contributed by atoms with Gasteiger partial charge in [-0.3, -0.25) is 0 Å². The van der Waals surface area contributed by atoms with Gasteiger partial charge in [0.25, 0.3) is 0 Å². The van der Waals surface area contributed by atoms with E-state index in [0.29, 0.717) is 5.88 Å². The lowest BCUT2D eigenvalue weighted by atomic mass is 10.1. The molecule has 0 aliphatic carbocycles. The highest BCUT2D eigenvalue weighted by atomic mass is 32.2. The molecule has 5 nitrogen and oxygen atoms in total. The average molecular weight is 377 g/mol. The van der Waals surface area contributed by atoms with Crippen LogP contribution in [0, 0.1) is 0 Å². The molecule has 0 N–H and O–H groups in total. The molecule has 2 aromatic carbocycles. The first kappa shape index (κ1) is 17.4. The number of ether oxygens (including phenoxy) is 2. The number of imidazole rings is 1. The Morgan fingerprint density at radius 3 is 2.37 bits per heavy atom. The van der Waals surface area contributed by atoms with Gasteiger partial charge in [0.2, 0.25) is 5.88 Å². The molecule has 2 heterocycles. The Morgan fingerprint density at radius 1 is 0.889 bits per heavy atom. The molecule has 6 heteroatoms. The summed E-state index contributed by atoms with van der Waals surface area (Å²) < 4.78 is 12.6. The van der Waals surface area contributed by atoms with Crippen LogP contribution in [0.25, 0.3) is 16.9 Å². The molecule has 2 aromatic heterocycles. The van der Waals surface area contributed by atoms with Crippen LogP contribution in [0.1, 0.15) is 5.56 Å². The first-order chi connectivity index (χ1) is 13.3. The van der Waals surface area contributed by atoms with Gasteiger partial charge in [-0.15, -0.1) is 0 Å². The minimum Gasteiger partial charge on any atom is -0.497 e. The summed E-state index contributed by atoms with van der Waals surface area (Å²) in [6.07, 6.45) is 0. The summed E-state index contributed by atoms with van der Waals surface area (Å²) in [5, 5.41) is 5.63. The van der Waals surface area contributed by atoms with Crippen LogP contribution in [0.5, 0.6) is 11.6 Å². The van der Waals surface area contributed by atoms with Gasteiger partial charge < -0.3 is 9.47 Å². The van der Waals surface area contributed by atoms with Gasteiger partial charge in [0.15, 0.2) is 5.65 Å². The van der Waals surface area contributed by atoms with Crippen molar-refractivity contribution in [2.75, 3.05) is 14.2 Å². The van der Waals surface area contributed by atoms with Crippen LogP contribution in [-0.4, -0.2) is 28.8 Å². The summed E-state index contributed by atoms with van der Waals surface area (Å²) in [5.41, 5.74) is 3.73. The largest absolute Gasteiger partial charge is 0.497 e. The van der Waals surface area contributed by atoms with Gasteiger partial charge in [-0.05, 0) is 42.0 Å². The summed E-state index contributed by atoms with van der Waals surface area (Å²) in [6.45, 7) is 0. The highest BCUT2D eigenvalue weighted by Crippen LogP contribution is 2.32. The van der Waals surface area contributed by atoms with Gasteiger partial charge in [0, 0.05) is 11.3 Å². The Morgan fingerprint density at radius 2 is 1.67 bits per heavy atom. The summed E-state index contributed by atoms with van der Waals surface area (Å²) in [5.74, 6) is 2.29.